The summed E-state index contributed by atoms with van der Waals surface area (Å²) >= 11 is 0. The van der Waals surface area contributed by atoms with Crippen molar-refractivity contribution in [2.45, 2.75) is 12.8 Å². The molecule has 3 fully saturated rings. The first-order valence-corrected chi connectivity index (χ1v) is 3.25. The SMILES string of the molecule is N#CC1[C@H]2CC(=O)[C@@H]1C2. The van der Waals surface area contributed by atoms with Gasteiger partial charge in [0.15, 0.2) is 0 Å². The van der Waals surface area contributed by atoms with Crippen LogP contribution in [-0.2, 0) is 4.79 Å². The van der Waals surface area contributed by atoms with Crippen molar-refractivity contribution in [2.75, 3.05) is 0 Å². The molecule has 1 unspecified atom stereocenters. The number of rotatable bonds is 0. The van der Waals surface area contributed by atoms with Gasteiger partial charge in [-0.2, -0.15) is 5.26 Å². The van der Waals surface area contributed by atoms with Crippen LogP contribution >= 0.6 is 0 Å². The van der Waals surface area contributed by atoms with Gasteiger partial charge in [0.05, 0.1) is 12.0 Å². The van der Waals surface area contributed by atoms with Crippen molar-refractivity contribution < 1.29 is 4.79 Å². The quantitative estimate of drug-likeness (QED) is 0.474. The van der Waals surface area contributed by atoms with Crippen LogP contribution in [0.3, 0.4) is 0 Å². The van der Waals surface area contributed by atoms with E-state index < -0.39 is 0 Å². The molecule has 0 spiro atoms. The predicted molar refractivity (Wildman–Crippen MR) is 30.3 cm³/mol. The van der Waals surface area contributed by atoms with E-state index in [-0.39, 0.29) is 11.8 Å². The summed E-state index contributed by atoms with van der Waals surface area (Å²) in [5.74, 6) is 0.997. The highest BCUT2D eigenvalue weighted by Crippen LogP contribution is 2.50. The first-order valence-electron chi connectivity index (χ1n) is 3.25. The smallest absolute Gasteiger partial charge is 0.137 e. The minimum atomic E-state index is 0.0949. The molecule has 0 aromatic carbocycles. The number of carbonyl (C=O) groups is 1. The van der Waals surface area contributed by atoms with E-state index in [0.717, 1.165) is 6.42 Å². The maximum Gasteiger partial charge on any atom is 0.137 e. The molecule has 0 heterocycles. The van der Waals surface area contributed by atoms with Crippen molar-refractivity contribution in [1.29, 1.82) is 5.26 Å². The van der Waals surface area contributed by atoms with Crippen LogP contribution in [0.2, 0.25) is 0 Å². The fourth-order valence-electron chi connectivity index (χ4n) is 1.90. The molecule has 0 aliphatic heterocycles. The van der Waals surface area contributed by atoms with Crippen molar-refractivity contribution >= 4 is 5.78 Å². The molecule has 3 aliphatic carbocycles. The summed E-state index contributed by atoms with van der Waals surface area (Å²) in [5.41, 5.74) is 0. The highest BCUT2D eigenvalue weighted by Gasteiger charge is 2.52. The van der Waals surface area contributed by atoms with Crippen LogP contribution in [-0.4, -0.2) is 5.78 Å². The number of nitriles is 1. The van der Waals surface area contributed by atoms with Gasteiger partial charge in [-0.3, -0.25) is 4.79 Å². The van der Waals surface area contributed by atoms with Crippen LogP contribution in [0.1, 0.15) is 12.8 Å². The van der Waals surface area contributed by atoms with Gasteiger partial charge < -0.3 is 0 Å². The van der Waals surface area contributed by atoms with Crippen molar-refractivity contribution in [3.05, 3.63) is 0 Å². The van der Waals surface area contributed by atoms with Gasteiger partial charge in [-0.05, 0) is 12.3 Å². The number of fused-ring (bicyclic) bond motifs is 1. The Balaban J connectivity index is 2.24. The first kappa shape index (κ1) is 4.99. The maximum atomic E-state index is 10.8. The van der Waals surface area contributed by atoms with Gasteiger partial charge >= 0.3 is 0 Å². The Morgan fingerprint density at radius 3 is 2.67 bits per heavy atom. The molecule has 0 radical (unpaired) electrons. The summed E-state index contributed by atoms with van der Waals surface area (Å²) in [6.45, 7) is 0. The van der Waals surface area contributed by atoms with Gasteiger partial charge in [-0.1, -0.05) is 0 Å². The standard InChI is InChI=1S/C7H7NO/c8-3-6-4-1-5(6)7(9)2-4/h4-6H,1-2H2/t4-,5-,6?/m1/s1. The van der Waals surface area contributed by atoms with Crippen LogP contribution in [0.4, 0.5) is 0 Å². The second-order valence-electron chi connectivity index (χ2n) is 2.93. The molecular formula is C7H7NO. The minimum Gasteiger partial charge on any atom is -0.299 e. The van der Waals surface area contributed by atoms with E-state index in [2.05, 4.69) is 6.07 Å². The van der Waals surface area contributed by atoms with Crippen molar-refractivity contribution in [3.63, 3.8) is 0 Å². The molecule has 0 saturated heterocycles. The molecule has 3 saturated carbocycles. The number of hydrogen-bond donors (Lipinski definition) is 0. The van der Waals surface area contributed by atoms with Crippen LogP contribution in [0, 0.1) is 29.1 Å². The fraction of sp³-hybridized carbons (Fsp3) is 0.714. The normalized spacial score (nSPS) is 46.1. The number of nitrogens with zero attached hydrogens (tertiary/aromatic N) is 1. The summed E-state index contributed by atoms with van der Waals surface area (Å²) < 4.78 is 0. The molecule has 9 heavy (non-hydrogen) atoms. The van der Waals surface area contributed by atoms with Crippen molar-refractivity contribution in [1.82, 2.24) is 0 Å². The molecule has 2 heteroatoms. The molecule has 2 bridgehead atoms. The van der Waals surface area contributed by atoms with E-state index in [0.29, 0.717) is 18.1 Å². The third-order valence-electron chi connectivity index (χ3n) is 2.52. The van der Waals surface area contributed by atoms with Gasteiger partial charge in [0.2, 0.25) is 0 Å². The van der Waals surface area contributed by atoms with E-state index >= 15 is 0 Å². The lowest BCUT2D eigenvalue weighted by Gasteiger charge is -2.27. The second-order valence-corrected chi connectivity index (χ2v) is 2.93. The highest BCUT2D eigenvalue weighted by molar-refractivity contribution is 5.87. The number of ketones is 1. The molecule has 3 atom stereocenters. The van der Waals surface area contributed by atoms with Gasteiger partial charge in [0.1, 0.15) is 5.78 Å². The Kier molecular flexibility index (Phi) is 0.751. The van der Waals surface area contributed by atoms with Crippen molar-refractivity contribution in [3.8, 4) is 6.07 Å². The third kappa shape index (κ3) is 0.426. The zero-order chi connectivity index (χ0) is 6.43. The lowest BCUT2D eigenvalue weighted by Crippen LogP contribution is -2.27. The predicted octanol–water partition coefficient (Wildman–Crippen LogP) is 0.735. The first-order chi connectivity index (χ1) is 4.33. The molecule has 46 valence electrons. The molecule has 0 N–H and O–H groups in total. The maximum absolute atomic E-state index is 10.8. The average molecular weight is 121 g/mol. The number of Topliss-reactive ketones (excluding diaryl/α,β-unsaturated/α-hetero) is 1. The van der Waals surface area contributed by atoms with E-state index in [1.807, 2.05) is 0 Å². The molecule has 0 aromatic rings. The lowest BCUT2D eigenvalue weighted by atomic mass is 9.73. The van der Waals surface area contributed by atoms with Gasteiger partial charge in [0, 0.05) is 12.3 Å². The van der Waals surface area contributed by atoms with E-state index in [1.54, 1.807) is 0 Å². The Labute approximate surface area is 53.5 Å². The average Bonchev–Trinajstić information content (AvgIpc) is 2.22. The molecule has 0 aromatic heterocycles. The molecule has 0 amide bonds. The monoisotopic (exact) mass is 121 g/mol. The van der Waals surface area contributed by atoms with E-state index in [1.165, 1.54) is 0 Å². The Morgan fingerprint density at radius 1 is 1.67 bits per heavy atom. The van der Waals surface area contributed by atoms with Gasteiger partial charge in [-0.25, -0.2) is 0 Å². The van der Waals surface area contributed by atoms with Crippen LogP contribution in [0.15, 0.2) is 0 Å². The van der Waals surface area contributed by atoms with E-state index in [9.17, 15) is 4.79 Å². The minimum absolute atomic E-state index is 0.0949. The van der Waals surface area contributed by atoms with Crippen molar-refractivity contribution in [2.24, 2.45) is 17.8 Å². The summed E-state index contributed by atoms with van der Waals surface area (Å²) in [6.07, 6.45) is 1.68. The molecule has 3 rings (SSSR count). The second kappa shape index (κ2) is 1.36. The van der Waals surface area contributed by atoms with E-state index in [4.69, 9.17) is 5.26 Å². The van der Waals surface area contributed by atoms with Crippen LogP contribution in [0.5, 0.6) is 0 Å². The number of hydrogen-bond acceptors (Lipinski definition) is 2. The highest BCUT2D eigenvalue weighted by atomic mass is 16.1. The Hall–Kier alpha value is -0.840. The molecular weight excluding hydrogens is 114 g/mol. The zero-order valence-corrected chi connectivity index (χ0v) is 5.00. The zero-order valence-electron chi connectivity index (χ0n) is 5.00. The van der Waals surface area contributed by atoms with Gasteiger partial charge in [0.25, 0.3) is 0 Å². The molecule has 3 aliphatic rings. The summed E-state index contributed by atoms with van der Waals surface area (Å²) in [6, 6.07) is 2.17. The van der Waals surface area contributed by atoms with Gasteiger partial charge in [-0.15, -0.1) is 0 Å². The molecule has 2 nitrogen and oxygen atoms in total. The topological polar surface area (TPSA) is 40.9 Å². The Morgan fingerprint density at radius 2 is 2.44 bits per heavy atom. The van der Waals surface area contributed by atoms with Crippen LogP contribution < -0.4 is 0 Å². The summed E-state index contributed by atoms with van der Waals surface area (Å²) in [7, 11) is 0. The third-order valence-corrected chi connectivity index (χ3v) is 2.52. The lowest BCUT2D eigenvalue weighted by molar-refractivity contribution is -0.120. The summed E-state index contributed by atoms with van der Waals surface area (Å²) in [4.78, 5) is 10.8. The number of carbonyl (C=O) groups excluding carboxylic acids is 1. The summed E-state index contributed by atoms with van der Waals surface area (Å²) in [5, 5.41) is 8.48. The largest absolute Gasteiger partial charge is 0.299 e. The van der Waals surface area contributed by atoms with Crippen LogP contribution in [0.25, 0.3) is 0 Å². The Bertz CT molecular complexity index is 203. The fourth-order valence-corrected chi connectivity index (χ4v) is 1.90.